The molecule has 0 aliphatic carbocycles. The Kier molecular flexibility index (Phi) is 4.85. The van der Waals surface area contributed by atoms with Gasteiger partial charge < -0.3 is 10.3 Å². The molecule has 0 spiro atoms. The van der Waals surface area contributed by atoms with Gasteiger partial charge in [-0.3, -0.25) is 0 Å². The molecule has 1 heterocycles. The Bertz CT molecular complexity index is 508. The average Bonchev–Trinajstić information content (AvgIpc) is 2.79. The number of thioether (sulfide) groups is 1. The average molecular weight is 277 g/mol. The SMILES string of the molecule is CC(C)CSCc1noc(Cc2ccc(N)cc2)n1. The summed E-state index contributed by atoms with van der Waals surface area (Å²) in [5, 5.41) is 4.00. The number of aromatic nitrogens is 2. The van der Waals surface area contributed by atoms with E-state index < -0.39 is 0 Å². The molecule has 4 nitrogen and oxygen atoms in total. The van der Waals surface area contributed by atoms with E-state index in [0.717, 1.165) is 28.6 Å². The van der Waals surface area contributed by atoms with Gasteiger partial charge in [-0.1, -0.05) is 31.1 Å². The van der Waals surface area contributed by atoms with Crippen molar-refractivity contribution in [2.75, 3.05) is 11.5 Å². The van der Waals surface area contributed by atoms with Gasteiger partial charge in [0.05, 0.1) is 12.2 Å². The molecule has 0 amide bonds. The highest BCUT2D eigenvalue weighted by molar-refractivity contribution is 7.98. The summed E-state index contributed by atoms with van der Waals surface area (Å²) < 4.78 is 5.25. The topological polar surface area (TPSA) is 64.9 Å². The van der Waals surface area contributed by atoms with Gasteiger partial charge in [-0.25, -0.2) is 0 Å². The smallest absolute Gasteiger partial charge is 0.231 e. The van der Waals surface area contributed by atoms with E-state index in [4.69, 9.17) is 10.3 Å². The van der Waals surface area contributed by atoms with Crippen LogP contribution >= 0.6 is 11.8 Å². The Morgan fingerprint density at radius 1 is 1.26 bits per heavy atom. The van der Waals surface area contributed by atoms with Crippen LogP contribution in [-0.2, 0) is 12.2 Å². The monoisotopic (exact) mass is 277 g/mol. The maximum Gasteiger partial charge on any atom is 0.231 e. The summed E-state index contributed by atoms with van der Waals surface area (Å²) in [4.78, 5) is 4.39. The van der Waals surface area contributed by atoms with Gasteiger partial charge in [-0.15, -0.1) is 0 Å². The fraction of sp³-hybridized carbons (Fsp3) is 0.429. The second-order valence-electron chi connectivity index (χ2n) is 4.93. The summed E-state index contributed by atoms with van der Waals surface area (Å²) in [5.41, 5.74) is 7.54. The highest BCUT2D eigenvalue weighted by Gasteiger charge is 2.07. The minimum absolute atomic E-state index is 0.655. The van der Waals surface area contributed by atoms with E-state index in [1.165, 1.54) is 0 Å². The fourth-order valence-electron chi connectivity index (χ4n) is 1.62. The molecule has 2 N–H and O–H groups in total. The number of nitrogen functional groups attached to an aromatic ring is 1. The molecular weight excluding hydrogens is 258 g/mol. The van der Waals surface area contributed by atoms with Gasteiger partial charge >= 0.3 is 0 Å². The van der Waals surface area contributed by atoms with Gasteiger partial charge in [0, 0.05) is 5.69 Å². The van der Waals surface area contributed by atoms with Crippen LogP contribution in [-0.4, -0.2) is 15.9 Å². The van der Waals surface area contributed by atoms with Crippen LogP contribution in [0, 0.1) is 5.92 Å². The molecule has 0 bridgehead atoms. The highest BCUT2D eigenvalue weighted by Crippen LogP contribution is 2.15. The zero-order chi connectivity index (χ0) is 13.7. The fourth-order valence-corrected chi connectivity index (χ4v) is 2.51. The van der Waals surface area contributed by atoms with Crippen LogP contribution in [0.15, 0.2) is 28.8 Å². The van der Waals surface area contributed by atoms with Gasteiger partial charge in [0.2, 0.25) is 5.89 Å². The van der Waals surface area contributed by atoms with Gasteiger partial charge in [-0.2, -0.15) is 16.7 Å². The third-order valence-electron chi connectivity index (χ3n) is 2.53. The lowest BCUT2D eigenvalue weighted by molar-refractivity contribution is 0.381. The van der Waals surface area contributed by atoms with Crippen LogP contribution in [0.5, 0.6) is 0 Å². The summed E-state index contributed by atoms with van der Waals surface area (Å²) >= 11 is 1.83. The van der Waals surface area contributed by atoms with E-state index in [-0.39, 0.29) is 0 Å². The summed E-state index contributed by atoms with van der Waals surface area (Å²) in [6.07, 6.45) is 0.655. The maximum atomic E-state index is 5.65. The van der Waals surface area contributed by atoms with Crippen LogP contribution in [0.25, 0.3) is 0 Å². The molecule has 1 aromatic heterocycles. The van der Waals surface area contributed by atoms with E-state index in [9.17, 15) is 0 Å². The van der Waals surface area contributed by atoms with Crippen molar-refractivity contribution in [1.82, 2.24) is 10.1 Å². The van der Waals surface area contributed by atoms with Gasteiger partial charge in [0.25, 0.3) is 0 Å². The number of rotatable bonds is 6. The molecule has 1 aromatic carbocycles. The molecule has 0 saturated heterocycles. The molecule has 0 atom stereocenters. The number of benzene rings is 1. The quantitative estimate of drug-likeness (QED) is 0.822. The van der Waals surface area contributed by atoms with Gasteiger partial charge in [0.1, 0.15) is 0 Å². The van der Waals surface area contributed by atoms with E-state index in [0.29, 0.717) is 18.2 Å². The number of hydrogen-bond acceptors (Lipinski definition) is 5. The zero-order valence-corrected chi connectivity index (χ0v) is 12.1. The predicted molar refractivity (Wildman–Crippen MR) is 79.0 cm³/mol. The Morgan fingerprint density at radius 3 is 2.68 bits per heavy atom. The van der Waals surface area contributed by atoms with Gasteiger partial charge in [-0.05, 0) is 29.4 Å². The van der Waals surface area contributed by atoms with Crippen molar-refractivity contribution >= 4 is 17.4 Å². The molecule has 5 heteroatoms. The minimum atomic E-state index is 0.655. The number of anilines is 1. The first-order valence-corrected chi connectivity index (χ1v) is 7.52. The normalized spacial score (nSPS) is 11.1. The summed E-state index contributed by atoms with van der Waals surface area (Å²) in [5.74, 6) is 4.04. The molecule has 2 aromatic rings. The highest BCUT2D eigenvalue weighted by atomic mass is 32.2. The largest absolute Gasteiger partial charge is 0.399 e. The van der Waals surface area contributed by atoms with Crippen molar-refractivity contribution in [3.63, 3.8) is 0 Å². The molecule has 0 aliphatic heterocycles. The first-order chi connectivity index (χ1) is 9.13. The van der Waals surface area contributed by atoms with Crippen molar-refractivity contribution in [3.05, 3.63) is 41.5 Å². The second kappa shape index (κ2) is 6.61. The molecule has 0 fully saturated rings. The minimum Gasteiger partial charge on any atom is -0.399 e. The van der Waals surface area contributed by atoms with Crippen LogP contribution in [0.3, 0.4) is 0 Å². The summed E-state index contributed by atoms with van der Waals surface area (Å²) in [7, 11) is 0. The summed E-state index contributed by atoms with van der Waals surface area (Å²) in [6, 6.07) is 7.72. The van der Waals surface area contributed by atoms with E-state index >= 15 is 0 Å². The molecule has 0 saturated carbocycles. The first-order valence-electron chi connectivity index (χ1n) is 6.37. The van der Waals surface area contributed by atoms with Crippen molar-refractivity contribution in [2.45, 2.75) is 26.0 Å². The van der Waals surface area contributed by atoms with Crippen molar-refractivity contribution in [2.24, 2.45) is 5.92 Å². The maximum absolute atomic E-state index is 5.65. The Hall–Kier alpha value is -1.49. The molecule has 2 rings (SSSR count). The van der Waals surface area contributed by atoms with E-state index in [2.05, 4.69) is 24.0 Å². The lowest BCUT2D eigenvalue weighted by Crippen LogP contribution is -1.93. The Labute approximate surface area is 117 Å². The van der Waals surface area contributed by atoms with Crippen molar-refractivity contribution in [3.8, 4) is 0 Å². The number of nitrogens with two attached hydrogens (primary N) is 1. The molecular formula is C14H19N3OS. The van der Waals surface area contributed by atoms with Crippen LogP contribution in [0.2, 0.25) is 0 Å². The lowest BCUT2D eigenvalue weighted by atomic mass is 10.1. The lowest BCUT2D eigenvalue weighted by Gasteiger charge is -2.00. The number of nitrogens with zero attached hydrogens (tertiary/aromatic N) is 2. The first kappa shape index (κ1) is 13.9. The summed E-state index contributed by atoms with van der Waals surface area (Å²) in [6.45, 7) is 4.41. The third-order valence-corrected chi connectivity index (χ3v) is 3.89. The van der Waals surface area contributed by atoms with Crippen LogP contribution in [0.4, 0.5) is 5.69 Å². The molecule has 19 heavy (non-hydrogen) atoms. The Balaban J connectivity index is 1.88. The van der Waals surface area contributed by atoms with Crippen LogP contribution in [0.1, 0.15) is 31.1 Å². The zero-order valence-electron chi connectivity index (χ0n) is 11.3. The Morgan fingerprint density at radius 2 is 2.00 bits per heavy atom. The molecule has 0 unspecified atom stereocenters. The number of hydrogen-bond donors (Lipinski definition) is 1. The van der Waals surface area contributed by atoms with Crippen molar-refractivity contribution < 1.29 is 4.52 Å². The second-order valence-corrected chi connectivity index (χ2v) is 5.96. The molecule has 0 radical (unpaired) electrons. The predicted octanol–water partition coefficient (Wildman–Crippen LogP) is 3.13. The molecule has 102 valence electrons. The van der Waals surface area contributed by atoms with E-state index in [1.807, 2.05) is 36.0 Å². The standard InChI is InChI=1S/C14H19N3OS/c1-10(2)8-19-9-13-16-14(18-17-13)7-11-3-5-12(15)6-4-11/h3-6,10H,7-9,15H2,1-2H3. The van der Waals surface area contributed by atoms with Crippen molar-refractivity contribution in [1.29, 1.82) is 0 Å². The van der Waals surface area contributed by atoms with E-state index in [1.54, 1.807) is 0 Å². The third kappa shape index (κ3) is 4.59. The molecule has 0 aliphatic rings. The van der Waals surface area contributed by atoms with Crippen LogP contribution < -0.4 is 5.73 Å². The van der Waals surface area contributed by atoms with Gasteiger partial charge in [0.15, 0.2) is 5.82 Å².